The van der Waals surface area contributed by atoms with Crippen molar-refractivity contribution in [3.63, 3.8) is 0 Å². The Kier molecular flexibility index (Phi) is 5.97. The molecule has 2 aliphatic rings. The van der Waals surface area contributed by atoms with Gasteiger partial charge in [0.25, 0.3) is 0 Å². The molecule has 0 aromatic heterocycles. The third-order valence-electron chi connectivity index (χ3n) is 4.67. The molecule has 1 aromatic carbocycles. The Hall–Kier alpha value is -0.710. The fourth-order valence-electron chi connectivity index (χ4n) is 3.72. The first-order chi connectivity index (χ1) is 9.75. The number of nitrogens with one attached hydrogen (secondary N) is 1. The summed E-state index contributed by atoms with van der Waals surface area (Å²) in [5.41, 5.74) is 0.554. The first kappa shape index (κ1) is 16.7. The summed E-state index contributed by atoms with van der Waals surface area (Å²) in [6, 6.07) is 3.92. The molecule has 21 heavy (non-hydrogen) atoms. The van der Waals surface area contributed by atoms with Crippen LogP contribution in [-0.4, -0.2) is 31.1 Å². The van der Waals surface area contributed by atoms with Crippen LogP contribution in [0.15, 0.2) is 18.2 Å². The molecular formula is C16H23ClF2N2. The molecule has 1 N–H and O–H groups in total. The fourth-order valence-corrected chi connectivity index (χ4v) is 3.72. The standard InChI is InChI=1S/C16H22F2N2.ClH/c17-13-5-6-15(18)14(11-13)16(12-3-1-2-4-12)20-9-7-19-8-10-20;/h5-6,11-12,16,19H,1-4,7-10H2;1H/t16-;/m1./s1. The molecular weight excluding hydrogens is 294 g/mol. The van der Waals surface area contributed by atoms with Gasteiger partial charge in [0.2, 0.25) is 0 Å². The second-order valence-corrected chi connectivity index (χ2v) is 5.94. The van der Waals surface area contributed by atoms with Crippen molar-refractivity contribution in [3.05, 3.63) is 35.4 Å². The van der Waals surface area contributed by atoms with Crippen molar-refractivity contribution in [3.8, 4) is 0 Å². The maximum atomic E-state index is 14.2. The summed E-state index contributed by atoms with van der Waals surface area (Å²) in [4.78, 5) is 2.34. The van der Waals surface area contributed by atoms with Crippen LogP contribution in [0.4, 0.5) is 8.78 Å². The second kappa shape index (κ2) is 7.52. The van der Waals surface area contributed by atoms with Gasteiger partial charge in [0.05, 0.1) is 0 Å². The molecule has 0 bridgehead atoms. The van der Waals surface area contributed by atoms with Gasteiger partial charge in [-0.1, -0.05) is 12.8 Å². The van der Waals surface area contributed by atoms with Crippen LogP contribution < -0.4 is 5.32 Å². The Morgan fingerprint density at radius 3 is 2.43 bits per heavy atom. The van der Waals surface area contributed by atoms with Crippen molar-refractivity contribution in [1.82, 2.24) is 10.2 Å². The van der Waals surface area contributed by atoms with E-state index in [0.29, 0.717) is 11.5 Å². The van der Waals surface area contributed by atoms with Gasteiger partial charge in [-0.15, -0.1) is 12.4 Å². The number of piperazine rings is 1. The zero-order valence-electron chi connectivity index (χ0n) is 12.2. The van der Waals surface area contributed by atoms with Gasteiger partial charge in [-0.25, -0.2) is 8.78 Å². The van der Waals surface area contributed by atoms with Crippen LogP contribution in [0.5, 0.6) is 0 Å². The quantitative estimate of drug-likeness (QED) is 0.918. The average Bonchev–Trinajstić information content (AvgIpc) is 2.98. The van der Waals surface area contributed by atoms with E-state index >= 15 is 0 Å². The van der Waals surface area contributed by atoms with Crippen LogP contribution in [0, 0.1) is 17.6 Å². The summed E-state index contributed by atoms with van der Waals surface area (Å²) in [7, 11) is 0. The molecule has 0 unspecified atom stereocenters. The molecule has 2 fully saturated rings. The van der Waals surface area contributed by atoms with E-state index in [2.05, 4.69) is 10.2 Å². The predicted octanol–water partition coefficient (Wildman–Crippen LogP) is 3.52. The highest BCUT2D eigenvalue weighted by Crippen LogP contribution is 2.40. The Balaban J connectivity index is 0.00000161. The molecule has 1 aliphatic heterocycles. The molecule has 5 heteroatoms. The maximum absolute atomic E-state index is 14.2. The molecule has 1 saturated carbocycles. The molecule has 1 aromatic rings. The van der Waals surface area contributed by atoms with E-state index in [0.717, 1.165) is 39.0 Å². The molecule has 118 valence electrons. The van der Waals surface area contributed by atoms with Crippen LogP contribution >= 0.6 is 12.4 Å². The summed E-state index contributed by atoms with van der Waals surface area (Å²) < 4.78 is 27.8. The lowest BCUT2D eigenvalue weighted by molar-refractivity contribution is 0.122. The number of halogens is 3. The number of hydrogen-bond donors (Lipinski definition) is 1. The summed E-state index contributed by atoms with van der Waals surface area (Å²) in [6.07, 6.45) is 4.68. The fraction of sp³-hybridized carbons (Fsp3) is 0.625. The largest absolute Gasteiger partial charge is 0.314 e. The molecule has 0 radical (unpaired) electrons. The lowest BCUT2D eigenvalue weighted by Crippen LogP contribution is -2.47. The zero-order valence-corrected chi connectivity index (χ0v) is 13.0. The first-order valence-electron chi connectivity index (χ1n) is 7.65. The lowest BCUT2D eigenvalue weighted by Gasteiger charge is -2.38. The van der Waals surface area contributed by atoms with Gasteiger partial charge in [0.15, 0.2) is 0 Å². The predicted molar refractivity (Wildman–Crippen MR) is 82.7 cm³/mol. The van der Waals surface area contributed by atoms with Crippen molar-refractivity contribution < 1.29 is 8.78 Å². The van der Waals surface area contributed by atoms with Gasteiger partial charge in [-0.2, -0.15) is 0 Å². The maximum Gasteiger partial charge on any atom is 0.128 e. The van der Waals surface area contributed by atoms with Crippen molar-refractivity contribution >= 4 is 12.4 Å². The van der Waals surface area contributed by atoms with E-state index in [1.54, 1.807) is 0 Å². The molecule has 0 amide bonds. The van der Waals surface area contributed by atoms with Crippen LogP contribution in [0.25, 0.3) is 0 Å². The Morgan fingerprint density at radius 2 is 1.76 bits per heavy atom. The third kappa shape index (κ3) is 3.74. The molecule has 0 spiro atoms. The van der Waals surface area contributed by atoms with Gasteiger partial charge in [-0.05, 0) is 37.0 Å². The van der Waals surface area contributed by atoms with Crippen molar-refractivity contribution in [1.29, 1.82) is 0 Å². The van der Waals surface area contributed by atoms with Crippen molar-refractivity contribution in [2.75, 3.05) is 26.2 Å². The monoisotopic (exact) mass is 316 g/mol. The Bertz CT molecular complexity index is 458. The van der Waals surface area contributed by atoms with Crippen LogP contribution in [-0.2, 0) is 0 Å². The topological polar surface area (TPSA) is 15.3 Å². The van der Waals surface area contributed by atoms with Gasteiger partial charge in [0.1, 0.15) is 11.6 Å². The highest BCUT2D eigenvalue weighted by atomic mass is 35.5. The summed E-state index contributed by atoms with van der Waals surface area (Å²) in [5.74, 6) is -0.134. The van der Waals surface area contributed by atoms with Gasteiger partial charge in [0, 0.05) is 37.8 Å². The van der Waals surface area contributed by atoms with E-state index in [1.807, 2.05) is 0 Å². The summed E-state index contributed by atoms with van der Waals surface area (Å²) in [6.45, 7) is 3.69. The molecule has 1 heterocycles. The SMILES string of the molecule is Cl.Fc1ccc(F)c([C@@H](C2CCCC2)N2CCNCC2)c1. The van der Waals surface area contributed by atoms with Crippen LogP contribution in [0.2, 0.25) is 0 Å². The third-order valence-corrected chi connectivity index (χ3v) is 4.67. The zero-order chi connectivity index (χ0) is 13.9. The van der Waals surface area contributed by atoms with Crippen LogP contribution in [0.1, 0.15) is 37.3 Å². The minimum atomic E-state index is -0.334. The van der Waals surface area contributed by atoms with Crippen molar-refractivity contribution in [2.45, 2.75) is 31.7 Å². The minimum absolute atomic E-state index is 0. The molecule has 2 nitrogen and oxygen atoms in total. The Morgan fingerprint density at radius 1 is 1.10 bits per heavy atom. The highest BCUT2D eigenvalue weighted by Gasteiger charge is 2.33. The Labute approximate surface area is 131 Å². The summed E-state index contributed by atoms with van der Waals surface area (Å²) >= 11 is 0. The number of rotatable bonds is 3. The number of hydrogen-bond acceptors (Lipinski definition) is 2. The van der Waals surface area contributed by atoms with Gasteiger partial charge < -0.3 is 5.32 Å². The number of nitrogens with zero attached hydrogens (tertiary/aromatic N) is 1. The van der Waals surface area contributed by atoms with E-state index < -0.39 is 0 Å². The van der Waals surface area contributed by atoms with Crippen LogP contribution in [0.3, 0.4) is 0 Å². The highest BCUT2D eigenvalue weighted by molar-refractivity contribution is 5.85. The molecule has 1 saturated heterocycles. The number of benzene rings is 1. The van der Waals surface area contributed by atoms with E-state index in [4.69, 9.17) is 0 Å². The normalized spacial score (nSPS) is 22.0. The molecule has 3 rings (SSSR count). The second-order valence-electron chi connectivity index (χ2n) is 5.94. The van der Waals surface area contributed by atoms with E-state index in [-0.39, 0.29) is 30.1 Å². The average molecular weight is 317 g/mol. The van der Waals surface area contributed by atoms with E-state index in [1.165, 1.54) is 31.0 Å². The minimum Gasteiger partial charge on any atom is -0.314 e. The lowest BCUT2D eigenvalue weighted by atomic mass is 9.89. The van der Waals surface area contributed by atoms with E-state index in [9.17, 15) is 8.78 Å². The smallest absolute Gasteiger partial charge is 0.128 e. The van der Waals surface area contributed by atoms with Gasteiger partial charge in [-0.3, -0.25) is 4.90 Å². The van der Waals surface area contributed by atoms with Crippen molar-refractivity contribution in [2.24, 2.45) is 5.92 Å². The summed E-state index contributed by atoms with van der Waals surface area (Å²) in [5, 5.41) is 3.33. The molecule has 1 aliphatic carbocycles. The van der Waals surface area contributed by atoms with Gasteiger partial charge >= 0.3 is 0 Å². The first-order valence-corrected chi connectivity index (χ1v) is 7.65. The molecule has 1 atom stereocenters.